The minimum absolute atomic E-state index is 0.0707. The molecule has 0 amide bonds. The lowest BCUT2D eigenvalue weighted by molar-refractivity contribution is 0.292. The smallest absolute Gasteiger partial charge is 0.0449 e. The van der Waals surface area contributed by atoms with Crippen LogP contribution in [0.1, 0.15) is 41.7 Å². The summed E-state index contributed by atoms with van der Waals surface area (Å²) in [6, 6.07) is 28.7. The monoisotopic (exact) mass is 403 g/mol. The van der Waals surface area contributed by atoms with E-state index < -0.39 is 0 Å². The number of hydrogen-bond acceptors (Lipinski definition) is 3. The maximum Gasteiger partial charge on any atom is 0.0449 e. The van der Waals surface area contributed by atoms with Gasteiger partial charge in [0, 0.05) is 27.9 Å². The normalized spacial score (nSPS) is 30.0. The highest BCUT2D eigenvalue weighted by atomic mass is 33.1. The van der Waals surface area contributed by atoms with Crippen molar-refractivity contribution in [1.82, 2.24) is 0 Å². The van der Waals surface area contributed by atoms with Crippen molar-refractivity contribution in [2.24, 2.45) is 5.73 Å². The van der Waals surface area contributed by atoms with Crippen LogP contribution in [0.25, 0.3) is 0 Å². The summed E-state index contributed by atoms with van der Waals surface area (Å²) in [5.41, 5.74) is 13.9. The number of fused-ring (bicyclic) bond motifs is 1. The van der Waals surface area contributed by atoms with Crippen LogP contribution in [0.5, 0.6) is 0 Å². The molecule has 0 spiro atoms. The lowest BCUT2D eigenvalue weighted by Crippen LogP contribution is -2.66. The SMILES string of the molecule is CC12c3ccccc3C(C)(c3ccccc31)[C@@H](SSCc1ccccc1)[C@H]2N. The second kappa shape index (κ2) is 6.69. The van der Waals surface area contributed by atoms with Crippen LogP contribution in [-0.4, -0.2) is 11.3 Å². The zero-order valence-electron chi connectivity index (χ0n) is 16.3. The fraction of sp³-hybridized carbons (Fsp3) is 0.280. The summed E-state index contributed by atoms with van der Waals surface area (Å²) >= 11 is 0. The first-order valence-electron chi connectivity index (χ1n) is 9.85. The second-order valence-corrected chi connectivity index (χ2v) is 10.8. The molecule has 0 saturated heterocycles. The van der Waals surface area contributed by atoms with Crippen LogP contribution < -0.4 is 5.73 Å². The Balaban J connectivity index is 1.57. The van der Waals surface area contributed by atoms with Crippen LogP contribution >= 0.6 is 21.6 Å². The van der Waals surface area contributed by atoms with Crippen LogP contribution in [0.2, 0.25) is 0 Å². The van der Waals surface area contributed by atoms with Crippen LogP contribution in [0, 0.1) is 0 Å². The Bertz CT molecular complexity index is 966. The maximum absolute atomic E-state index is 7.06. The van der Waals surface area contributed by atoms with Crippen LogP contribution in [0.3, 0.4) is 0 Å². The highest BCUT2D eigenvalue weighted by Gasteiger charge is 2.60. The van der Waals surface area contributed by atoms with Crippen molar-refractivity contribution < 1.29 is 0 Å². The van der Waals surface area contributed by atoms with Gasteiger partial charge < -0.3 is 5.73 Å². The van der Waals surface area contributed by atoms with E-state index in [2.05, 4.69) is 92.7 Å². The van der Waals surface area contributed by atoms with Crippen molar-refractivity contribution in [2.75, 3.05) is 0 Å². The molecule has 2 atom stereocenters. The summed E-state index contributed by atoms with van der Waals surface area (Å²) < 4.78 is 0. The van der Waals surface area contributed by atoms with Gasteiger partial charge in [-0.1, -0.05) is 107 Å². The fourth-order valence-electron chi connectivity index (χ4n) is 5.30. The zero-order chi connectivity index (χ0) is 19.4. The molecular weight excluding hydrogens is 378 g/mol. The Morgan fingerprint density at radius 3 is 1.71 bits per heavy atom. The van der Waals surface area contributed by atoms with E-state index in [9.17, 15) is 0 Å². The Hall–Kier alpha value is -1.68. The first-order chi connectivity index (χ1) is 13.6. The number of benzene rings is 3. The fourth-order valence-corrected chi connectivity index (χ4v) is 8.67. The van der Waals surface area contributed by atoms with E-state index in [4.69, 9.17) is 5.73 Å². The van der Waals surface area contributed by atoms with Gasteiger partial charge in [-0.2, -0.15) is 0 Å². The van der Waals surface area contributed by atoms with Crippen molar-refractivity contribution in [3.63, 3.8) is 0 Å². The summed E-state index contributed by atoms with van der Waals surface area (Å²) in [5, 5.41) is 0.330. The van der Waals surface area contributed by atoms with Gasteiger partial charge >= 0.3 is 0 Å². The van der Waals surface area contributed by atoms with E-state index in [0.717, 1.165) is 5.75 Å². The van der Waals surface area contributed by atoms with E-state index >= 15 is 0 Å². The van der Waals surface area contributed by atoms with Gasteiger partial charge in [0.05, 0.1) is 0 Å². The summed E-state index contributed by atoms with van der Waals surface area (Å²) in [6.07, 6.45) is 0. The molecule has 1 nitrogen and oxygen atoms in total. The lowest BCUT2D eigenvalue weighted by atomic mass is 9.48. The topological polar surface area (TPSA) is 26.0 Å². The first-order valence-corrected chi connectivity index (χ1v) is 12.2. The Kier molecular flexibility index (Phi) is 4.38. The minimum atomic E-state index is -0.143. The second-order valence-electron chi connectivity index (χ2n) is 8.29. The third-order valence-corrected chi connectivity index (χ3v) is 9.84. The van der Waals surface area contributed by atoms with Crippen molar-refractivity contribution in [3.05, 3.63) is 107 Å². The molecule has 0 saturated carbocycles. The quantitative estimate of drug-likeness (QED) is 0.549. The van der Waals surface area contributed by atoms with E-state index in [0.29, 0.717) is 5.25 Å². The van der Waals surface area contributed by atoms with Gasteiger partial charge in [-0.25, -0.2) is 0 Å². The van der Waals surface area contributed by atoms with Crippen LogP contribution in [-0.2, 0) is 16.6 Å². The molecule has 142 valence electrons. The van der Waals surface area contributed by atoms with Crippen molar-refractivity contribution in [2.45, 2.75) is 41.7 Å². The molecule has 6 rings (SSSR count). The van der Waals surface area contributed by atoms with Gasteiger partial charge in [0.2, 0.25) is 0 Å². The van der Waals surface area contributed by atoms with Gasteiger partial charge in [0.25, 0.3) is 0 Å². The standard InChI is InChI=1S/C25H25NS2/c1-24-18-12-6-8-14-20(18)25(2,21-15-9-7-13-19(21)24)23(22(24)26)28-27-16-17-10-4-3-5-11-17/h3-15,22-23H,16,26H2,1-2H3/t22-,23+,24?,25?/m1/s1. The first kappa shape index (κ1) is 18.4. The average Bonchev–Trinajstić information content (AvgIpc) is 2.74. The third-order valence-electron chi connectivity index (χ3n) is 6.89. The predicted molar refractivity (Wildman–Crippen MR) is 123 cm³/mol. The molecule has 0 unspecified atom stereocenters. The highest BCUT2D eigenvalue weighted by molar-refractivity contribution is 8.76. The largest absolute Gasteiger partial charge is 0.326 e. The van der Waals surface area contributed by atoms with Gasteiger partial charge in [-0.05, 0) is 34.7 Å². The summed E-state index contributed by atoms with van der Waals surface area (Å²) in [5.74, 6) is 1.00. The predicted octanol–water partition coefficient (Wildman–Crippen LogP) is 5.90. The Morgan fingerprint density at radius 2 is 1.18 bits per heavy atom. The lowest BCUT2D eigenvalue weighted by Gasteiger charge is -2.60. The van der Waals surface area contributed by atoms with E-state index in [-0.39, 0.29) is 16.9 Å². The molecule has 2 N–H and O–H groups in total. The molecule has 3 aliphatic rings. The molecular formula is C25H25NS2. The van der Waals surface area contributed by atoms with Crippen molar-refractivity contribution in [3.8, 4) is 0 Å². The van der Waals surface area contributed by atoms with E-state index in [1.54, 1.807) is 0 Å². The molecule has 0 aliphatic heterocycles. The Labute approximate surface area is 175 Å². The molecule has 28 heavy (non-hydrogen) atoms. The molecule has 0 heterocycles. The average molecular weight is 404 g/mol. The van der Waals surface area contributed by atoms with Gasteiger partial charge in [-0.3, -0.25) is 0 Å². The third kappa shape index (κ3) is 2.39. The Morgan fingerprint density at radius 1 is 0.714 bits per heavy atom. The highest BCUT2D eigenvalue weighted by Crippen LogP contribution is 2.62. The van der Waals surface area contributed by atoms with Gasteiger partial charge in [0.1, 0.15) is 0 Å². The van der Waals surface area contributed by atoms with E-state index in [1.807, 2.05) is 21.6 Å². The molecule has 3 heteroatoms. The number of hydrogen-bond donors (Lipinski definition) is 1. The summed E-state index contributed by atoms with van der Waals surface area (Å²) in [4.78, 5) is 0. The van der Waals surface area contributed by atoms with Crippen LogP contribution in [0.4, 0.5) is 0 Å². The minimum Gasteiger partial charge on any atom is -0.326 e. The van der Waals surface area contributed by atoms with Gasteiger partial charge in [-0.15, -0.1) is 0 Å². The summed E-state index contributed by atoms with van der Waals surface area (Å²) in [6.45, 7) is 4.76. The molecule has 0 radical (unpaired) electrons. The number of nitrogens with two attached hydrogens (primary N) is 1. The van der Waals surface area contributed by atoms with Crippen molar-refractivity contribution in [1.29, 1.82) is 0 Å². The summed E-state index contributed by atoms with van der Waals surface area (Å²) in [7, 11) is 3.92. The molecule has 3 aromatic rings. The maximum atomic E-state index is 7.06. The molecule has 2 bridgehead atoms. The van der Waals surface area contributed by atoms with Gasteiger partial charge in [0.15, 0.2) is 0 Å². The van der Waals surface area contributed by atoms with Crippen LogP contribution in [0.15, 0.2) is 78.9 Å². The molecule has 0 fully saturated rings. The van der Waals surface area contributed by atoms with E-state index in [1.165, 1.54) is 27.8 Å². The molecule has 3 aromatic carbocycles. The zero-order valence-corrected chi connectivity index (χ0v) is 17.9. The van der Waals surface area contributed by atoms with Crippen molar-refractivity contribution >= 4 is 21.6 Å². The molecule has 0 aromatic heterocycles. The molecule has 3 aliphatic carbocycles. The number of rotatable bonds is 4.